The topological polar surface area (TPSA) is 0 Å². The first-order valence-corrected chi connectivity index (χ1v) is 6.83. The predicted molar refractivity (Wildman–Crippen MR) is 61.2 cm³/mol. The lowest BCUT2D eigenvalue weighted by atomic mass is 9.87. The molecule has 0 heterocycles. The SMILES string of the molecule is CC1C(Br)CCC1CC1CCCC1. The van der Waals surface area contributed by atoms with E-state index in [1.54, 1.807) is 0 Å². The van der Waals surface area contributed by atoms with Gasteiger partial charge in [0.05, 0.1) is 0 Å². The molecule has 0 saturated heterocycles. The summed E-state index contributed by atoms with van der Waals surface area (Å²) in [5.41, 5.74) is 0. The van der Waals surface area contributed by atoms with Crippen molar-refractivity contribution in [2.45, 2.75) is 56.7 Å². The molecule has 2 aliphatic carbocycles. The first kappa shape index (κ1) is 10.0. The van der Waals surface area contributed by atoms with Crippen molar-refractivity contribution in [3.05, 3.63) is 0 Å². The fourth-order valence-electron chi connectivity index (χ4n) is 3.20. The van der Waals surface area contributed by atoms with Gasteiger partial charge < -0.3 is 0 Å². The summed E-state index contributed by atoms with van der Waals surface area (Å²) < 4.78 is 0. The minimum Gasteiger partial charge on any atom is -0.0888 e. The zero-order chi connectivity index (χ0) is 9.26. The second-order valence-corrected chi connectivity index (χ2v) is 6.27. The van der Waals surface area contributed by atoms with E-state index in [9.17, 15) is 0 Å². The summed E-state index contributed by atoms with van der Waals surface area (Å²) in [5, 5.41) is 0. The van der Waals surface area contributed by atoms with Crippen LogP contribution in [0.1, 0.15) is 51.9 Å². The molecule has 2 saturated carbocycles. The molecule has 13 heavy (non-hydrogen) atoms. The van der Waals surface area contributed by atoms with Gasteiger partial charge in [-0.2, -0.15) is 0 Å². The summed E-state index contributed by atoms with van der Waals surface area (Å²) in [4.78, 5) is 0.818. The van der Waals surface area contributed by atoms with Crippen LogP contribution in [-0.4, -0.2) is 4.83 Å². The molecule has 0 aromatic carbocycles. The van der Waals surface area contributed by atoms with E-state index < -0.39 is 0 Å². The van der Waals surface area contributed by atoms with Crippen LogP contribution in [0.3, 0.4) is 0 Å². The Hall–Kier alpha value is 0.480. The van der Waals surface area contributed by atoms with Crippen molar-refractivity contribution in [2.24, 2.45) is 17.8 Å². The van der Waals surface area contributed by atoms with Crippen LogP contribution in [0, 0.1) is 17.8 Å². The first-order valence-electron chi connectivity index (χ1n) is 5.91. The molecule has 2 rings (SSSR count). The molecule has 0 radical (unpaired) electrons. The fraction of sp³-hybridized carbons (Fsp3) is 1.00. The zero-order valence-corrected chi connectivity index (χ0v) is 10.2. The predicted octanol–water partition coefficient (Wildman–Crippen LogP) is 4.38. The Balaban J connectivity index is 1.81. The van der Waals surface area contributed by atoms with Gasteiger partial charge in [-0.3, -0.25) is 0 Å². The Kier molecular flexibility index (Phi) is 3.34. The number of halogens is 1. The van der Waals surface area contributed by atoms with E-state index >= 15 is 0 Å². The van der Waals surface area contributed by atoms with E-state index in [-0.39, 0.29) is 0 Å². The van der Waals surface area contributed by atoms with Crippen molar-refractivity contribution in [1.82, 2.24) is 0 Å². The molecule has 0 aliphatic heterocycles. The Morgan fingerprint density at radius 3 is 2.31 bits per heavy atom. The van der Waals surface area contributed by atoms with Crippen LogP contribution in [0.4, 0.5) is 0 Å². The molecule has 2 aliphatic rings. The smallest absolute Gasteiger partial charge is 0.0174 e. The second kappa shape index (κ2) is 4.33. The van der Waals surface area contributed by atoms with Gasteiger partial charge in [0.25, 0.3) is 0 Å². The van der Waals surface area contributed by atoms with Crippen molar-refractivity contribution in [3.8, 4) is 0 Å². The molecule has 1 heteroatoms. The van der Waals surface area contributed by atoms with Crippen LogP contribution in [0.2, 0.25) is 0 Å². The maximum absolute atomic E-state index is 3.79. The maximum atomic E-state index is 3.79. The summed E-state index contributed by atoms with van der Waals surface area (Å²) >= 11 is 3.79. The van der Waals surface area contributed by atoms with Crippen LogP contribution in [0.25, 0.3) is 0 Å². The number of hydrogen-bond acceptors (Lipinski definition) is 0. The van der Waals surface area contributed by atoms with Crippen molar-refractivity contribution < 1.29 is 0 Å². The molecule has 3 unspecified atom stereocenters. The lowest BCUT2D eigenvalue weighted by Gasteiger charge is -2.20. The lowest BCUT2D eigenvalue weighted by Crippen LogP contribution is -2.13. The van der Waals surface area contributed by atoms with Crippen molar-refractivity contribution >= 4 is 15.9 Å². The zero-order valence-electron chi connectivity index (χ0n) is 8.64. The fourth-order valence-corrected chi connectivity index (χ4v) is 3.90. The lowest BCUT2D eigenvalue weighted by molar-refractivity contribution is 0.323. The van der Waals surface area contributed by atoms with E-state index in [0.29, 0.717) is 0 Å². The molecule has 3 atom stereocenters. The third kappa shape index (κ3) is 2.29. The van der Waals surface area contributed by atoms with Gasteiger partial charge >= 0.3 is 0 Å². The van der Waals surface area contributed by atoms with Crippen molar-refractivity contribution in [1.29, 1.82) is 0 Å². The molecule has 0 aromatic heterocycles. The number of rotatable bonds is 2. The molecule has 0 amide bonds. The summed E-state index contributed by atoms with van der Waals surface area (Å²) in [6, 6.07) is 0. The van der Waals surface area contributed by atoms with E-state index in [2.05, 4.69) is 22.9 Å². The Morgan fingerprint density at radius 2 is 1.77 bits per heavy atom. The molecule has 0 bridgehead atoms. The molecule has 0 nitrogen and oxygen atoms in total. The van der Waals surface area contributed by atoms with Crippen LogP contribution in [-0.2, 0) is 0 Å². The van der Waals surface area contributed by atoms with Gasteiger partial charge in [-0.1, -0.05) is 48.5 Å². The third-order valence-corrected chi connectivity index (χ3v) is 5.53. The van der Waals surface area contributed by atoms with Gasteiger partial charge in [-0.05, 0) is 37.0 Å². The van der Waals surface area contributed by atoms with E-state index in [1.807, 2.05) is 0 Å². The number of hydrogen-bond donors (Lipinski definition) is 0. The van der Waals surface area contributed by atoms with E-state index in [1.165, 1.54) is 44.9 Å². The molecular formula is C12H21Br. The largest absolute Gasteiger partial charge is 0.0888 e. The highest BCUT2D eigenvalue weighted by molar-refractivity contribution is 9.09. The minimum absolute atomic E-state index is 0.818. The van der Waals surface area contributed by atoms with Crippen molar-refractivity contribution in [2.75, 3.05) is 0 Å². The van der Waals surface area contributed by atoms with Crippen LogP contribution in [0.15, 0.2) is 0 Å². The van der Waals surface area contributed by atoms with E-state index in [0.717, 1.165) is 22.6 Å². The average Bonchev–Trinajstić information content (AvgIpc) is 2.71. The summed E-state index contributed by atoms with van der Waals surface area (Å²) in [7, 11) is 0. The molecule has 2 fully saturated rings. The Labute approximate surface area is 90.6 Å². The quantitative estimate of drug-likeness (QED) is 0.633. The van der Waals surface area contributed by atoms with Gasteiger partial charge in [-0.25, -0.2) is 0 Å². The molecule has 0 N–H and O–H groups in total. The van der Waals surface area contributed by atoms with Gasteiger partial charge in [0.15, 0.2) is 0 Å². The third-order valence-electron chi connectivity index (χ3n) is 4.24. The van der Waals surface area contributed by atoms with Gasteiger partial charge in [0.1, 0.15) is 0 Å². The summed E-state index contributed by atoms with van der Waals surface area (Å²) in [5.74, 6) is 3.05. The molecule has 0 spiro atoms. The average molecular weight is 245 g/mol. The minimum atomic E-state index is 0.818. The van der Waals surface area contributed by atoms with Gasteiger partial charge in [0.2, 0.25) is 0 Å². The second-order valence-electron chi connectivity index (χ2n) is 5.10. The van der Waals surface area contributed by atoms with Crippen LogP contribution >= 0.6 is 15.9 Å². The Morgan fingerprint density at radius 1 is 1.08 bits per heavy atom. The molecule has 76 valence electrons. The van der Waals surface area contributed by atoms with Gasteiger partial charge in [0, 0.05) is 4.83 Å². The summed E-state index contributed by atoms with van der Waals surface area (Å²) in [6.07, 6.45) is 10.5. The normalized spacial score (nSPS) is 41.5. The highest BCUT2D eigenvalue weighted by atomic mass is 79.9. The summed E-state index contributed by atoms with van der Waals surface area (Å²) in [6.45, 7) is 2.44. The monoisotopic (exact) mass is 244 g/mol. The standard InChI is InChI=1S/C12H21Br/c1-9-11(6-7-12(9)13)8-10-4-2-3-5-10/h9-12H,2-8H2,1H3. The highest BCUT2D eigenvalue weighted by Crippen LogP contribution is 2.42. The van der Waals surface area contributed by atoms with Gasteiger partial charge in [-0.15, -0.1) is 0 Å². The maximum Gasteiger partial charge on any atom is 0.0174 e. The molecular weight excluding hydrogens is 224 g/mol. The molecule has 0 aromatic rings. The van der Waals surface area contributed by atoms with Crippen molar-refractivity contribution in [3.63, 3.8) is 0 Å². The number of alkyl halides is 1. The van der Waals surface area contributed by atoms with Crippen LogP contribution in [0.5, 0.6) is 0 Å². The first-order chi connectivity index (χ1) is 6.27. The van der Waals surface area contributed by atoms with Crippen LogP contribution < -0.4 is 0 Å². The Bertz CT molecular complexity index is 161. The van der Waals surface area contributed by atoms with E-state index in [4.69, 9.17) is 0 Å². The highest BCUT2D eigenvalue weighted by Gasteiger charge is 2.32.